The molecular weight excluding hydrogens is 286 g/mol. The second-order valence-corrected chi connectivity index (χ2v) is 7.03. The third kappa shape index (κ3) is 1.35. The molecule has 1 aliphatic heterocycles. The van der Waals surface area contributed by atoms with Crippen LogP contribution < -0.4 is 4.90 Å². The highest BCUT2D eigenvalue weighted by Gasteiger charge is 2.67. The number of hydrogen-bond acceptors (Lipinski definition) is 2. The van der Waals surface area contributed by atoms with Gasteiger partial charge < -0.3 is 0 Å². The van der Waals surface area contributed by atoms with Crippen LogP contribution in [-0.2, 0) is 9.59 Å². The van der Waals surface area contributed by atoms with Crippen LogP contribution in [0.2, 0.25) is 5.02 Å². The second kappa shape index (κ2) is 3.77. The van der Waals surface area contributed by atoms with Gasteiger partial charge in [-0.05, 0) is 42.2 Å². The van der Waals surface area contributed by atoms with Gasteiger partial charge in [-0.15, -0.1) is 0 Å². The van der Waals surface area contributed by atoms with Crippen molar-refractivity contribution in [2.75, 3.05) is 4.90 Å². The Labute approximate surface area is 127 Å². The number of allylic oxidation sites excluding steroid dienone is 2. The smallest absolute Gasteiger partial charge is 0.238 e. The van der Waals surface area contributed by atoms with Crippen LogP contribution in [0.1, 0.15) is 6.42 Å². The topological polar surface area (TPSA) is 37.4 Å². The summed E-state index contributed by atoms with van der Waals surface area (Å²) in [6.45, 7) is 0. The van der Waals surface area contributed by atoms with Gasteiger partial charge in [0.2, 0.25) is 11.8 Å². The van der Waals surface area contributed by atoms with Crippen LogP contribution in [0.25, 0.3) is 0 Å². The highest BCUT2D eigenvalue weighted by atomic mass is 35.5. The number of amides is 2. The zero-order chi connectivity index (χ0) is 14.3. The molecule has 1 aromatic carbocycles. The Morgan fingerprint density at radius 1 is 0.952 bits per heavy atom. The lowest BCUT2D eigenvalue weighted by molar-refractivity contribution is -0.124. The average Bonchev–Trinajstić information content (AvgIpc) is 3.26. The van der Waals surface area contributed by atoms with Crippen LogP contribution in [-0.4, -0.2) is 11.8 Å². The summed E-state index contributed by atoms with van der Waals surface area (Å²) < 4.78 is 0. The lowest BCUT2D eigenvalue weighted by Crippen LogP contribution is -2.40. The Hall–Kier alpha value is -1.61. The summed E-state index contributed by atoms with van der Waals surface area (Å²) >= 11 is 6.20. The molecule has 0 aromatic heterocycles. The fourth-order valence-corrected chi connectivity index (χ4v) is 5.05. The van der Waals surface area contributed by atoms with Crippen LogP contribution in [0.5, 0.6) is 0 Å². The van der Waals surface area contributed by atoms with Gasteiger partial charge in [0, 0.05) is 0 Å². The van der Waals surface area contributed by atoms with Gasteiger partial charge in [-0.3, -0.25) is 9.59 Å². The van der Waals surface area contributed by atoms with Gasteiger partial charge in [0.05, 0.1) is 22.5 Å². The molecule has 2 saturated carbocycles. The maximum atomic E-state index is 12.9. The Balaban J connectivity index is 1.62. The fourth-order valence-electron chi connectivity index (χ4n) is 4.83. The molecule has 4 heteroatoms. The van der Waals surface area contributed by atoms with Crippen molar-refractivity contribution in [1.29, 1.82) is 0 Å². The van der Waals surface area contributed by atoms with Gasteiger partial charge in [0.25, 0.3) is 0 Å². The van der Waals surface area contributed by atoms with Gasteiger partial charge in [-0.25, -0.2) is 4.90 Å². The maximum Gasteiger partial charge on any atom is 0.238 e. The van der Waals surface area contributed by atoms with E-state index in [0.717, 1.165) is 0 Å². The van der Waals surface area contributed by atoms with Gasteiger partial charge in [0.1, 0.15) is 0 Å². The molecule has 0 spiro atoms. The second-order valence-electron chi connectivity index (χ2n) is 6.62. The molecule has 1 aromatic rings. The van der Waals surface area contributed by atoms with E-state index in [-0.39, 0.29) is 35.5 Å². The first-order valence-electron chi connectivity index (χ1n) is 7.49. The number of nitrogens with zero attached hydrogens (tertiary/aromatic N) is 1. The molecule has 3 nitrogen and oxygen atoms in total. The Morgan fingerprint density at radius 3 is 2.10 bits per heavy atom. The zero-order valence-corrected chi connectivity index (χ0v) is 12.0. The average molecular weight is 300 g/mol. The van der Waals surface area contributed by atoms with Crippen molar-refractivity contribution in [3.63, 3.8) is 0 Å². The number of rotatable bonds is 1. The van der Waals surface area contributed by atoms with Crippen molar-refractivity contribution in [3.05, 3.63) is 41.4 Å². The summed E-state index contributed by atoms with van der Waals surface area (Å²) in [4.78, 5) is 27.1. The number of hydrogen-bond donors (Lipinski definition) is 0. The van der Waals surface area contributed by atoms with Crippen LogP contribution in [0.15, 0.2) is 36.4 Å². The molecule has 0 radical (unpaired) electrons. The Morgan fingerprint density at radius 2 is 1.52 bits per heavy atom. The van der Waals surface area contributed by atoms with E-state index in [1.54, 1.807) is 12.1 Å². The minimum absolute atomic E-state index is 0.0530. The molecule has 4 aliphatic carbocycles. The summed E-state index contributed by atoms with van der Waals surface area (Å²) in [6, 6.07) is 7.10. The van der Waals surface area contributed by atoms with Crippen molar-refractivity contribution in [2.45, 2.75) is 6.42 Å². The highest BCUT2D eigenvalue weighted by molar-refractivity contribution is 6.36. The number of halogens is 1. The molecule has 6 rings (SSSR count). The van der Waals surface area contributed by atoms with E-state index in [9.17, 15) is 9.59 Å². The maximum absolute atomic E-state index is 12.9. The van der Waals surface area contributed by atoms with Crippen molar-refractivity contribution in [3.8, 4) is 0 Å². The third-order valence-corrected chi connectivity index (χ3v) is 6.08. The molecular formula is C17H14ClNO2. The number of para-hydroxylation sites is 1. The number of imide groups is 1. The molecule has 5 aliphatic rings. The molecule has 0 unspecified atom stereocenters. The fraction of sp³-hybridized carbons (Fsp3) is 0.412. The van der Waals surface area contributed by atoms with Gasteiger partial charge >= 0.3 is 0 Å². The predicted octanol–water partition coefficient (Wildman–Crippen LogP) is 2.90. The SMILES string of the molecule is O=C1[C@@H]2[C@H]3C=C[C@@H]([C@@H]4C[C@H]34)[C@H]2C(=O)N1c1ccccc1Cl. The predicted molar refractivity (Wildman–Crippen MR) is 78.6 cm³/mol. The van der Waals surface area contributed by atoms with E-state index >= 15 is 0 Å². The van der Waals surface area contributed by atoms with Crippen LogP contribution in [0.3, 0.4) is 0 Å². The van der Waals surface area contributed by atoms with Gasteiger partial charge in [-0.1, -0.05) is 35.9 Å². The number of carbonyl (C=O) groups is 2. The summed E-state index contributed by atoms with van der Waals surface area (Å²) in [5.74, 6) is 1.35. The summed E-state index contributed by atoms with van der Waals surface area (Å²) in [7, 11) is 0. The molecule has 106 valence electrons. The Kier molecular flexibility index (Phi) is 2.15. The van der Waals surface area contributed by atoms with Crippen molar-refractivity contribution in [2.24, 2.45) is 35.5 Å². The normalized spacial score (nSPS) is 42.2. The van der Waals surface area contributed by atoms with Gasteiger partial charge in [-0.2, -0.15) is 0 Å². The summed E-state index contributed by atoms with van der Waals surface area (Å²) in [5, 5.41) is 0.461. The monoisotopic (exact) mass is 299 g/mol. The molecule has 2 bridgehead atoms. The first kappa shape index (κ1) is 12.0. The Bertz CT molecular complexity index is 676. The first-order chi connectivity index (χ1) is 10.2. The molecule has 1 saturated heterocycles. The standard InChI is InChI=1S/C17H14ClNO2/c18-12-3-1-2-4-13(12)19-16(20)14-8-5-6-9(11-7-10(8)11)15(14)17(19)21/h1-6,8-11,14-15H,7H2/t8-,9-,10-,11+,14+,15+/m0/s1. The van der Waals surface area contributed by atoms with E-state index in [0.29, 0.717) is 22.5 Å². The molecule has 6 atom stereocenters. The third-order valence-electron chi connectivity index (χ3n) is 5.76. The van der Waals surface area contributed by atoms with Gasteiger partial charge in [0.15, 0.2) is 0 Å². The highest BCUT2D eigenvalue weighted by Crippen LogP contribution is 2.65. The summed E-state index contributed by atoms with van der Waals surface area (Å²) in [6.07, 6.45) is 5.55. The zero-order valence-electron chi connectivity index (χ0n) is 11.3. The van der Waals surface area contributed by atoms with Crippen molar-refractivity contribution in [1.82, 2.24) is 0 Å². The molecule has 1 heterocycles. The number of carbonyl (C=O) groups excluding carboxylic acids is 2. The quantitative estimate of drug-likeness (QED) is 0.591. The number of benzene rings is 1. The lowest BCUT2D eigenvalue weighted by atomic mass is 9.63. The minimum Gasteiger partial charge on any atom is -0.274 e. The molecule has 0 N–H and O–H groups in total. The van der Waals surface area contributed by atoms with E-state index in [1.165, 1.54) is 11.3 Å². The lowest BCUT2D eigenvalue weighted by Gasteiger charge is -2.37. The van der Waals surface area contributed by atoms with E-state index in [4.69, 9.17) is 11.6 Å². The van der Waals surface area contributed by atoms with E-state index in [2.05, 4.69) is 12.2 Å². The van der Waals surface area contributed by atoms with E-state index < -0.39 is 0 Å². The van der Waals surface area contributed by atoms with Crippen molar-refractivity contribution < 1.29 is 9.59 Å². The van der Waals surface area contributed by atoms with Crippen molar-refractivity contribution >= 4 is 29.1 Å². The largest absolute Gasteiger partial charge is 0.274 e. The molecule has 2 amide bonds. The summed E-state index contributed by atoms with van der Waals surface area (Å²) in [5.41, 5.74) is 0.539. The molecule has 21 heavy (non-hydrogen) atoms. The number of anilines is 1. The minimum atomic E-state index is -0.160. The molecule has 3 fully saturated rings. The van der Waals surface area contributed by atoms with E-state index in [1.807, 2.05) is 12.1 Å². The van der Waals surface area contributed by atoms with Crippen LogP contribution in [0.4, 0.5) is 5.69 Å². The van der Waals surface area contributed by atoms with Crippen LogP contribution in [0, 0.1) is 35.5 Å². The van der Waals surface area contributed by atoms with Crippen LogP contribution >= 0.6 is 11.6 Å². The first-order valence-corrected chi connectivity index (χ1v) is 7.87.